The highest BCUT2D eigenvalue weighted by molar-refractivity contribution is 5.92. The Kier molecular flexibility index (Phi) is 3.60. The fraction of sp³-hybridized carbons (Fsp3) is 0.235. The van der Waals surface area contributed by atoms with Gasteiger partial charge in [0.2, 0.25) is 5.91 Å². The van der Waals surface area contributed by atoms with Gasteiger partial charge in [0.15, 0.2) is 23.0 Å². The molecule has 0 aliphatic carbocycles. The van der Waals surface area contributed by atoms with Crippen LogP contribution in [0.5, 0.6) is 23.0 Å². The zero-order chi connectivity index (χ0) is 17.4. The number of fused-ring (bicyclic) bond motifs is 2. The maximum Gasteiger partial charge on any atom is 0.586 e. The number of hydrogen-bond acceptors (Lipinski definition) is 5. The third-order valence-corrected chi connectivity index (χ3v) is 3.66. The van der Waals surface area contributed by atoms with Crippen LogP contribution in [0.1, 0.15) is 5.56 Å². The summed E-state index contributed by atoms with van der Waals surface area (Å²) in [5.41, 5.74) is 1.08. The summed E-state index contributed by atoms with van der Waals surface area (Å²) >= 11 is 0. The molecule has 25 heavy (non-hydrogen) atoms. The highest BCUT2D eigenvalue weighted by atomic mass is 19.3. The number of nitrogens with one attached hydrogen (secondary N) is 1. The molecule has 1 N–H and O–H groups in total. The summed E-state index contributed by atoms with van der Waals surface area (Å²) in [6, 6.07) is 9.33. The van der Waals surface area contributed by atoms with Crippen molar-refractivity contribution in [2.45, 2.75) is 12.7 Å². The molecule has 0 unspecified atom stereocenters. The van der Waals surface area contributed by atoms with Gasteiger partial charge >= 0.3 is 6.29 Å². The number of ether oxygens (including phenoxy) is 4. The lowest BCUT2D eigenvalue weighted by Gasteiger charge is -2.18. The van der Waals surface area contributed by atoms with Crippen molar-refractivity contribution in [3.8, 4) is 23.0 Å². The molecule has 0 aromatic heterocycles. The van der Waals surface area contributed by atoms with E-state index in [2.05, 4.69) is 14.8 Å². The molecule has 1 amide bonds. The average molecular weight is 349 g/mol. The molecule has 0 fully saturated rings. The predicted molar refractivity (Wildman–Crippen MR) is 82.4 cm³/mol. The van der Waals surface area contributed by atoms with Crippen molar-refractivity contribution in [2.75, 3.05) is 18.5 Å². The van der Waals surface area contributed by atoms with Crippen LogP contribution >= 0.6 is 0 Å². The molecular weight excluding hydrogens is 336 g/mol. The van der Waals surface area contributed by atoms with Crippen LogP contribution in [0.25, 0.3) is 0 Å². The van der Waals surface area contributed by atoms with E-state index in [0.717, 1.165) is 5.56 Å². The zero-order valence-corrected chi connectivity index (χ0v) is 12.9. The second-order valence-corrected chi connectivity index (χ2v) is 5.53. The minimum absolute atomic E-state index is 0.0742. The molecular formula is C17H13F2NO5. The number of rotatable bonds is 3. The predicted octanol–water partition coefficient (Wildman–Crippen LogP) is 2.96. The molecule has 6 nitrogen and oxygen atoms in total. The van der Waals surface area contributed by atoms with E-state index in [1.807, 2.05) is 0 Å². The first kappa shape index (κ1) is 15.5. The summed E-state index contributed by atoms with van der Waals surface area (Å²) in [6.07, 6.45) is -3.59. The highest BCUT2D eigenvalue weighted by Gasteiger charge is 2.43. The Hall–Kier alpha value is -3.03. The Morgan fingerprint density at radius 3 is 2.52 bits per heavy atom. The smallest absolute Gasteiger partial charge is 0.486 e. The Morgan fingerprint density at radius 1 is 0.960 bits per heavy atom. The number of carbonyl (C=O) groups excluding carboxylic acids is 1. The van der Waals surface area contributed by atoms with Gasteiger partial charge in [0.25, 0.3) is 0 Å². The van der Waals surface area contributed by atoms with E-state index in [0.29, 0.717) is 30.4 Å². The SMILES string of the molecule is O=C(Cc1ccc2c(c1)OCCO2)Nc1ccc2c(c1)OC(F)(F)O2. The lowest BCUT2D eigenvalue weighted by atomic mass is 10.1. The molecule has 0 atom stereocenters. The Bertz CT molecular complexity index is 840. The summed E-state index contributed by atoms with van der Waals surface area (Å²) in [5, 5.41) is 2.64. The minimum Gasteiger partial charge on any atom is -0.486 e. The van der Waals surface area contributed by atoms with Crippen LogP contribution in [0.3, 0.4) is 0 Å². The van der Waals surface area contributed by atoms with Gasteiger partial charge in [-0.15, -0.1) is 8.78 Å². The molecule has 0 saturated heterocycles. The molecule has 0 spiro atoms. The van der Waals surface area contributed by atoms with E-state index in [1.54, 1.807) is 18.2 Å². The second-order valence-electron chi connectivity index (χ2n) is 5.53. The Balaban J connectivity index is 1.43. The van der Waals surface area contributed by atoms with Crippen molar-refractivity contribution in [1.82, 2.24) is 0 Å². The van der Waals surface area contributed by atoms with Crippen molar-refractivity contribution in [3.63, 3.8) is 0 Å². The molecule has 0 saturated carbocycles. The normalized spacial score (nSPS) is 16.4. The van der Waals surface area contributed by atoms with E-state index >= 15 is 0 Å². The van der Waals surface area contributed by atoms with Gasteiger partial charge in [0.1, 0.15) is 13.2 Å². The van der Waals surface area contributed by atoms with Crippen molar-refractivity contribution < 1.29 is 32.5 Å². The van der Waals surface area contributed by atoms with Gasteiger partial charge in [-0.2, -0.15) is 0 Å². The maximum atomic E-state index is 13.0. The summed E-state index contributed by atoms with van der Waals surface area (Å²) in [6.45, 7) is 0.959. The molecule has 4 rings (SSSR count). The molecule has 2 aliphatic heterocycles. The molecule has 2 aromatic rings. The van der Waals surface area contributed by atoms with Crippen molar-refractivity contribution in [2.24, 2.45) is 0 Å². The third-order valence-electron chi connectivity index (χ3n) is 3.66. The van der Waals surface area contributed by atoms with Gasteiger partial charge in [-0.1, -0.05) is 6.07 Å². The van der Waals surface area contributed by atoms with E-state index in [-0.39, 0.29) is 23.8 Å². The fourth-order valence-corrected chi connectivity index (χ4v) is 2.62. The van der Waals surface area contributed by atoms with Crippen LogP contribution in [-0.4, -0.2) is 25.4 Å². The lowest BCUT2D eigenvalue weighted by Crippen LogP contribution is -2.25. The minimum atomic E-state index is -3.68. The van der Waals surface area contributed by atoms with E-state index in [4.69, 9.17) is 9.47 Å². The first-order valence-electron chi connectivity index (χ1n) is 7.57. The van der Waals surface area contributed by atoms with Gasteiger partial charge < -0.3 is 24.3 Å². The van der Waals surface area contributed by atoms with Gasteiger partial charge in [-0.05, 0) is 29.8 Å². The van der Waals surface area contributed by atoms with Crippen molar-refractivity contribution >= 4 is 11.6 Å². The summed E-state index contributed by atoms with van der Waals surface area (Å²) < 4.78 is 45.6. The molecule has 0 bridgehead atoms. The molecule has 2 aliphatic rings. The van der Waals surface area contributed by atoms with Crippen LogP contribution in [-0.2, 0) is 11.2 Å². The first-order chi connectivity index (χ1) is 12.0. The number of carbonyl (C=O) groups is 1. The number of alkyl halides is 2. The summed E-state index contributed by atoms with van der Waals surface area (Å²) in [5.74, 6) is 0.744. The Labute approximate surface area is 141 Å². The fourth-order valence-electron chi connectivity index (χ4n) is 2.62. The van der Waals surface area contributed by atoms with Crippen molar-refractivity contribution in [3.05, 3.63) is 42.0 Å². The van der Waals surface area contributed by atoms with Crippen LogP contribution < -0.4 is 24.3 Å². The largest absolute Gasteiger partial charge is 0.586 e. The van der Waals surface area contributed by atoms with E-state index in [9.17, 15) is 13.6 Å². The number of amides is 1. The molecule has 0 radical (unpaired) electrons. The van der Waals surface area contributed by atoms with Gasteiger partial charge in [-0.25, -0.2) is 0 Å². The summed E-state index contributed by atoms with van der Waals surface area (Å²) in [4.78, 5) is 12.2. The van der Waals surface area contributed by atoms with Gasteiger partial charge in [0.05, 0.1) is 6.42 Å². The first-order valence-corrected chi connectivity index (χ1v) is 7.57. The van der Waals surface area contributed by atoms with E-state index in [1.165, 1.54) is 18.2 Å². The number of hydrogen-bond donors (Lipinski definition) is 1. The van der Waals surface area contributed by atoms with Crippen molar-refractivity contribution in [1.29, 1.82) is 0 Å². The van der Waals surface area contributed by atoms with Crippen LogP contribution in [0.15, 0.2) is 36.4 Å². The third kappa shape index (κ3) is 3.28. The van der Waals surface area contributed by atoms with Gasteiger partial charge in [-0.3, -0.25) is 4.79 Å². The standard InChI is InChI=1S/C17H13F2NO5/c18-17(19)24-13-4-2-11(9-15(13)25-17)20-16(21)8-10-1-3-12-14(7-10)23-6-5-22-12/h1-4,7,9H,5-6,8H2,(H,20,21). The quantitative estimate of drug-likeness (QED) is 0.923. The number of halogens is 2. The molecule has 2 aromatic carbocycles. The van der Waals surface area contributed by atoms with Crippen LogP contribution in [0.2, 0.25) is 0 Å². The molecule has 2 heterocycles. The number of benzene rings is 2. The second kappa shape index (κ2) is 5.80. The van der Waals surface area contributed by atoms with Crippen LogP contribution in [0.4, 0.5) is 14.5 Å². The highest BCUT2D eigenvalue weighted by Crippen LogP contribution is 2.42. The average Bonchev–Trinajstić information content (AvgIpc) is 2.87. The van der Waals surface area contributed by atoms with E-state index < -0.39 is 6.29 Å². The summed E-state index contributed by atoms with van der Waals surface area (Å²) in [7, 11) is 0. The van der Waals surface area contributed by atoms with Gasteiger partial charge in [0, 0.05) is 11.8 Å². The molecule has 130 valence electrons. The number of anilines is 1. The lowest BCUT2D eigenvalue weighted by molar-refractivity contribution is -0.286. The topological polar surface area (TPSA) is 66.0 Å². The maximum absolute atomic E-state index is 13.0. The molecule has 8 heteroatoms. The van der Waals surface area contributed by atoms with Crippen LogP contribution in [0, 0.1) is 0 Å². The zero-order valence-electron chi connectivity index (χ0n) is 12.9. The monoisotopic (exact) mass is 349 g/mol. The Morgan fingerprint density at radius 2 is 1.68 bits per heavy atom.